The van der Waals surface area contributed by atoms with Crippen molar-refractivity contribution in [1.82, 2.24) is 0 Å². The van der Waals surface area contributed by atoms with Gasteiger partial charge < -0.3 is 24.8 Å². The summed E-state index contributed by atoms with van der Waals surface area (Å²) in [4.78, 5) is 0. The molecule has 2 aliphatic rings. The Hall–Kier alpha value is -1.18. The van der Waals surface area contributed by atoms with E-state index < -0.39 is 20.9 Å². The van der Waals surface area contributed by atoms with Crippen LogP contribution < -0.4 is 28.1 Å². The fourth-order valence-electron chi connectivity index (χ4n) is 4.60. The third-order valence-corrected chi connectivity index (χ3v) is 22.3. The van der Waals surface area contributed by atoms with Crippen LogP contribution >= 0.6 is 0 Å². The molecule has 4 heteroatoms. The van der Waals surface area contributed by atoms with Gasteiger partial charge in [0.2, 0.25) is 0 Å². The van der Waals surface area contributed by atoms with Crippen LogP contribution in [0, 0.1) is 0 Å². The average molecular weight is 544 g/mol. The third kappa shape index (κ3) is 5.25. The van der Waals surface area contributed by atoms with Gasteiger partial charge >= 0.3 is 172 Å². The van der Waals surface area contributed by atoms with Crippen LogP contribution in [0.3, 0.4) is 0 Å². The van der Waals surface area contributed by atoms with Gasteiger partial charge in [-0.05, 0) is 0 Å². The van der Waals surface area contributed by atoms with Gasteiger partial charge in [0.1, 0.15) is 0 Å². The Morgan fingerprint density at radius 1 is 0.774 bits per heavy atom. The maximum atomic E-state index is 2.56. The number of fused-ring (bicyclic) bond motifs is 3. The Morgan fingerprint density at radius 3 is 2.19 bits per heavy atom. The number of benzene rings is 3. The maximum Gasteiger partial charge on any atom is -1.00 e. The molecule has 2 aliphatic carbocycles. The van der Waals surface area contributed by atoms with Gasteiger partial charge in [-0.3, -0.25) is 0 Å². The molecule has 0 amide bonds. The summed E-state index contributed by atoms with van der Waals surface area (Å²) in [5.74, 6) is 0. The molecule has 31 heavy (non-hydrogen) atoms. The molecule has 5 rings (SSSR count). The molecule has 0 nitrogen and oxygen atoms in total. The Bertz CT molecular complexity index is 1070. The molecule has 3 aromatic rings. The van der Waals surface area contributed by atoms with Gasteiger partial charge in [0.25, 0.3) is 0 Å². The number of allylic oxidation sites excluding steroid dienone is 4. The smallest absolute Gasteiger partial charge is 1.00 e. The van der Waals surface area contributed by atoms with Crippen molar-refractivity contribution in [3.63, 3.8) is 0 Å². The van der Waals surface area contributed by atoms with Crippen LogP contribution in [0.25, 0.3) is 16.7 Å². The molecular formula is C27H29Cl2SiZr. The summed E-state index contributed by atoms with van der Waals surface area (Å²) < 4.78 is 3.60. The third-order valence-electron chi connectivity index (χ3n) is 5.90. The van der Waals surface area contributed by atoms with Gasteiger partial charge in [-0.15, -0.1) is 0 Å². The van der Waals surface area contributed by atoms with Gasteiger partial charge in [-0.2, -0.15) is 0 Å². The molecule has 0 aliphatic heterocycles. The van der Waals surface area contributed by atoms with Gasteiger partial charge in [0.15, 0.2) is 0 Å². The second-order valence-electron chi connectivity index (χ2n) is 7.40. The van der Waals surface area contributed by atoms with E-state index in [2.05, 4.69) is 91.5 Å². The van der Waals surface area contributed by atoms with Crippen molar-refractivity contribution in [3.05, 3.63) is 105 Å². The largest absolute Gasteiger partial charge is 1.00 e. The Labute approximate surface area is 209 Å². The summed E-state index contributed by atoms with van der Waals surface area (Å²) in [6.45, 7) is 6.54. The Morgan fingerprint density at radius 2 is 1.45 bits per heavy atom. The second-order valence-corrected chi connectivity index (χ2v) is 22.8. The van der Waals surface area contributed by atoms with E-state index in [4.69, 9.17) is 0 Å². The first-order valence-electron chi connectivity index (χ1n) is 10.9. The molecule has 0 saturated carbocycles. The summed E-state index contributed by atoms with van der Waals surface area (Å²) in [6.07, 6.45) is 7.36. The van der Waals surface area contributed by atoms with Crippen molar-refractivity contribution in [2.75, 3.05) is 0 Å². The normalized spacial score (nSPS) is 13.1. The van der Waals surface area contributed by atoms with Crippen LogP contribution in [0.15, 0.2) is 88.2 Å². The molecule has 0 aromatic heterocycles. The predicted octanol–water partition coefficient (Wildman–Crippen LogP) is 0.0386. The van der Waals surface area contributed by atoms with Gasteiger partial charge in [-0.25, -0.2) is 0 Å². The van der Waals surface area contributed by atoms with Gasteiger partial charge in [0.05, 0.1) is 0 Å². The summed E-state index contributed by atoms with van der Waals surface area (Å²) in [5.41, 5.74) is 8.98. The van der Waals surface area contributed by atoms with Crippen LogP contribution in [0.1, 0.15) is 37.0 Å². The van der Waals surface area contributed by atoms with Gasteiger partial charge in [-0.1, -0.05) is 13.8 Å². The molecule has 0 radical (unpaired) electrons. The molecule has 0 unspecified atom stereocenters. The second kappa shape index (κ2) is 12.2. The molecular weight excluding hydrogens is 515 g/mol. The van der Waals surface area contributed by atoms with Crippen LogP contribution in [0.5, 0.6) is 0 Å². The fourth-order valence-corrected chi connectivity index (χ4v) is 19.7. The van der Waals surface area contributed by atoms with E-state index in [1.165, 1.54) is 34.2 Å². The summed E-state index contributed by atoms with van der Waals surface area (Å²) in [7, 11) is 0. The monoisotopic (exact) mass is 541 g/mol. The summed E-state index contributed by atoms with van der Waals surface area (Å²) in [6, 6.07) is 27.0. The van der Waals surface area contributed by atoms with E-state index in [1.807, 2.05) is 17.1 Å². The van der Waals surface area contributed by atoms with Crippen LogP contribution in [0.4, 0.5) is 0 Å². The van der Waals surface area contributed by atoms with E-state index in [1.54, 1.807) is 8.83 Å². The molecule has 3 aromatic carbocycles. The Kier molecular flexibility index (Phi) is 10.2. The van der Waals surface area contributed by atoms with E-state index in [9.17, 15) is 0 Å². The number of hydrogen-bond acceptors (Lipinski definition) is 0. The Balaban J connectivity index is 0.000000830. The molecule has 0 atom stereocenters. The van der Waals surface area contributed by atoms with Crippen molar-refractivity contribution < 1.29 is 45.7 Å². The van der Waals surface area contributed by atoms with Crippen molar-refractivity contribution in [2.24, 2.45) is 0 Å². The zero-order valence-corrected chi connectivity index (χ0v) is 23.8. The first-order valence-corrected chi connectivity index (χ1v) is 20.7. The zero-order chi connectivity index (χ0) is 20.2. The quantitative estimate of drug-likeness (QED) is 0.319. The molecule has 0 saturated heterocycles. The minimum atomic E-state index is -1.70. The number of rotatable bonds is 4. The first-order chi connectivity index (χ1) is 14.3. The molecule has 0 bridgehead atoms. The maximum absolute atomic E-state index is 2.56. The topological polar surface area (TPSA) is 0 Å². The minimum Gasteiger partial charge on any atom is -1.00 e. The van der Waals surface area contributed by atoms with E-state index >= 15 is 0 Å². The van der Waals surface area contributed by atoms with E-state index in [0.29, 0.717) is 0 Å². The molecule has 0 heterocycles. The minimum absolute atomic E-state index is 0. The van der Waals surface area contributed by atoms with Crippen molar-refractivity contribution in [2.45, 2.75) is 33.2 Å². The first kappa shape index (κ1) is 26.1. The molecule has 0 spiro atoms. The van der Waals surface area contributed by atoms with Crippen molar-refractivity contribution in [1.29, 1.82) is 0 Å². The van der Waals surface area contributed by atoms with E-state index in [-0.39, 0.29) is 31.5 Å². The van der Waals surface area contributed by atoms with Crippen molar-refractivity contribution >= 4 is 15.5 Å². The predicted molar refractivity (Wildman–Crippen MR) is 127 cm³/mol. The zero-order valence-electron chi connectivity index (χ0n) is 18.5. The van der Waals surface area contributed by atoms with Gasteiger partial charge in [0, 0.05) is 0 Å². The SMILES string of the molecule is CC.C[SiH2][Zr+2]([C]1=CC(c2ccccc2)=CC1)[c]1cccc2c1Cc1ccccc1-2.[Cl-].[Cl-]. The average Bonchev–Trinajstić information content (AvgIpc) is 3.42. The number of hydrogen-bond donors (Lipinski definition) is 0. The molecule has 0 fully saturated rings. The molecule has 159 valence electrons. The standard InChI is InChI=1S/C13H9.C11H9.C2H6.CH5Si.2ClH.Zr/c1-3-7-12-10(5-1)9-11-6-2-4-8-13(11)12;1-2-6-10(7-3-1)11-8-4-5-9-11;2*1-2;;;/h1-5,7-8H,9H2;1-3,6-9H,4H2;1-2H3;2H2,1H3;2*1H;/q;;;;;;+2/p-2. The van der Waals surface area contributed by atoms with Crippen LogP contribution in [0.2, 0.25) is 6.55 Å². The van der Waals surface area contributed by atoms with Crippen LogP contribution in [-0.4, -0.2) is 6.65 Å². The number of halogens is 2. The fraction of sp³-hybridized carbons (Fsp3) is 0.185. The molecule has 0 N–H and O–H groups in total. The van der Waals surface area contributed by atoms with E-state index in [0.717, 1.165) is 6.42 Å². The van der Waals surface area contributed by atoms with Crippen molar-refractivity contribution in [3.8, 4) is 11.1 Å². The van der Waals surface area contributed by atoms with Crippen LogP contribution in [-0.2, 0) is 27.3 Å². The summed E-state index contributed by atoms with van der Waals surface area (Å²) >= 11 is -1.70. The summed E-state index contributed by atoms with van der Waals surface area (Å²) in [5, 5.41) is 0.